The Morgan fingerprint density at radius 1 is 1.29 bits per heavy atom. The number of nitrogens with one attached hydrogen (secondary N) is 3. The summed E-state index contributed by atoms with van der Waals surface area (Å²) >= 11 is 0. The fraction of sp³-hybridized carbons (Fsp3) is 0.556. The van der Waals surface area contributed by atoms with Crippen molar-refractivity contribution in [3.8, 4) is 0 Å². The third kappa shape index (κ3) is 3.87. The van der Waals surface area contributed by atoms with Crippen molar-refractivity contribution in [2.45, 2.75) is 31.7 Å². The van der Waals surface area contributed by atoms with Gasteiger partial charge >= 0.3 is 0 Å². The molecule has 0 unspecified atom stereocenters. The van der Waals surface area contributed by atoms with Crippen molar-refractivity contribution in [2.24, 2.45) is 0 Å². The van der Waals surface area contributed by atoms with Crippen LogP contribution in [0.15, 0.2) is 18.2 Å². The first-order valence-electron chi connectivity index (χ1n) is 8.77. The number of fused-ring (bicyclic) bond motifs is 1. The monoisotopic (exact) mass is 330 g/mol. The van der Waals surface area contributed by atoms with Crippen molar-refractivity contribution in [1.29, 1.82) is 0 Å². The van der Waals surface area contributed by atoms with Gasteiger partial charge in [0.25, 0.3) is 5.91 Å². The van der Waals surface area contributed by atoms with E-state index in [0.717, 1.165) is 62.1 Å². The molecule has 0 spiro atoms. The van der Waals surface area contributed by atoms with Crippen molar-refractivity contribution in [2.75, 3.05) is 38.5 Å². The summed E-state index contributed by atoms with van der Waals surface area (Å²) in [5.41, 5.74) is 3.03. The van der Waals surface area contributed by atoms with Crippen molar-refractivity contribution in [1.82, 2.24) is 15.5 Å². The smallest absolute Gasteiger partial charge is 0.251 e. The first kappa shape index (κ1) is 16.8. The predicted molar refractivity (Wildman–Crippen MR) is 94.2 cm³/mol. The van der Waals surface area contributed by atoms with Crippen LogP contribution >= 0.6 is 0 Å². The molecule has 1 saturated heterocycles. The number of likely N-dealkylation sites (tertiary alicyclic amines) is 1. The number of hydrogen-bond donors (Lipinski definition) is 3. The molecule has 3 N–H and O–H groups in total. The van der Waals surface area contributed by atoms with Crippen LogP contribution < -0.4 is 16.0 Å². The first-order chi connectivity index (χ1) is 11.7. The summed E-state index contributed by atoms with van der Waals surface area (Å²) in [4.78, 5) is 26.2. The van der Waals surface area contributed by atoms with Gasteiger partial charge in [0, 0.05) is 44.0 Å². The molecule has 24 heavy (non-hydrogen) atoms. The van der Waals surface area contributed by atoms with Crippen molar-refractivity contribution < 1.29 is 9.59 Å². The van der Waals surface area contributed by atoms with Gasteiger partial charge in [-0.15, -0.1) is 0 Å². The van der Waals surface area contributed by atoms with Crippen LogP contribution in [0.3, 0.4) is 0 Å². The predicted octanol–water partition coefficient (Wildman–Crippen LogP) is 0.985. The van der Waals surface area contributed by atoms with Gasteiger partial charge in [-0.25, -0.2) is 0 Å². The maximum Gasteiger partial charge on any atom is 0.251 e. The van der Waals surface area contributed by atoms with Gasteiger partial charge in [-0.05, 0) is 43.4 Å². The molecule has 0 aliphatic carbocycles. The fourth-order valence-corrected chi connectivity index (χ4v) is 3.50. The van der Waals surface area contributed by atoms with E-state index in [9.17, 15) is 9.59 Å². The van der Waals surface area contributed by atoms with Crippen molar-refractivity contribution >= 4 is 17.5 Å². The van der Waals surface area contributed by atoms with Gasteiger partial charge in [0.1, 0.15) is 0 Å². The van der Waals surface area contributed by atoms with E-state index in [4.69, 9.17) is 0 Å². The van der Waals surface area contributed by atoms with Crippen LogP contribution in [0.4, 0.5) is 5.69 Å². The van der Waals surface area contributed by atoms with E-state index in [0.29, 0.717) is 6.54 Å². The Morgan fingerprint density at radius 3 is 2.83 bits per heavy atom. The second-order valence-corrected chi connectivity index (χ2v) is 6.56. The number of nitrogens with zero attached hydrogens (tertiary/aromatic N) is 1. The summed E-state index contributed by atoms with van der Waals surface area (Å²) < 4.78 is 0. The lowest BCUT2D eigenvalue weighted by atomic mass is 9.96. The maximum absolute atomic E-state index is 12.7. The molecule has 1 fully saturated rings. The molecule has 0 radical (unpaired) electrons. The highest BCUT2D eigenvalue weighted by Gasteiger charge is 2.24. The molecule has 1 aromatic carbocycles. The molecule has 3 rings (SSSR count). The Hall–Kier alpha value is -2.08. The van der Waals surface area contributed by atoms with E-state index in [1.165, 1.54) is 0 Å². The molecule has 0 atom stereocenters. The Labute approximate surface area is 143 Å². The summed E-state index contributed by atoms with van der Waals surface area (Å²) in [6, 6.07) is 6.09. The van der Waals surface area contributed by atoms with E-state index in [1.54, 1.807) is 7.05 Å². The Balaban J connectivity index is 1.56. The van der Waals surface area contributed by atoms with Crippen molar-refractivity contribution in [3.05, 3.63) is 29.3 Å². The summed E-state index contributed by atoms with van der Waals surface area (Å²) in [6.07, 6.45) is 3.79. The molecule has 6 nitrogen and oxygen atoms in total. The topological polar surface area (TPSA) is 73.5 Å². The standard InChI is InChI=1S/C18H26N4O2/c1-19-17(23)12-22-10-7-13(8-11-22)21-18(24)15-4-2-6-16-14(15)5-3-9-20-16/h2,4,6,13,20H,3,5,7-12H2,1H3,(H,19,23)(H,21,24). The third-order valence-electron chi connectivity index (χ3n) is 4.91. The number of likely N-dealkylation sites (N-methyl/N-ethyl adjacent to an activating group) is 1. The van der Waals surface area contributed by atoms with Crippen LogP contribution in [0, 0.1) is 0 Å². The number of carbonyl (C=O) groups excluding carboxylic acids is 2. The van der Waals surface area contributed by atoms with Crippen LogP contribution in [0.1, 0.15) is 35.2 Å². The van der Waals surface area contributed by atoms with Crippen molar-refractivity contribution in [3.63, 3.8) is 0 Å². The van der Waals surface area contributed by atoms with Crippen LogP contribution in [0.5, 0.6) is 0 Å². The summed E-state index contributed by atoms with van der Waals surface area (Å²) in [5.74, 6) is 0.0706. The van der Waals surface area contributed by atoms with Gasteiger partial charge in [-0.2, -0.15) is 0 Å². The Kier molecular flexibility index (Phi) is 5.35. The quantitative estimate of drug-likeness (QED) is 0.770. The molecule has 1 aromatic rings. The highest BCUT2D eigenvalue weighted by Crippen LogP contribution is 2.25. The summed E-state index contributed by atoms with van der Waals surface area (Å²) in [7, 11) is 1.66. The second-order valence-electron chi connectivity index (χ2n) is 6.56. The number of anilines is 1. The number of rotatable bonds is 4. The molecule has 2 amide bonds. The van der Waals surface area contributed by atoms with E-state index in [2.05, 4.69) is 20.9 Å². The van der Waals surface area contributed by atoms with Crippen LogP contribution in [-0.4, -0.2) is 56.0 Å². The molecule has 2 heterocycles. The minimum atomic E-state index is 0.0281. The number of benzene rings is 1. The average Bonchev–Trinajstić information content (AvgIpc) is 2.62. The van der Waals surface area contributed by atoms with E-state index >= 15 is 0 Å². The zero-order valence-electron chi connectivity index (χ0n) is 14.2. The van der Waals surface area contributed by atoms with Gasteiger partial charge in [-0.3, -0.25) is 14.5 Å². The lowest BCUT2D eigenvalue weighted by Gasteiger charge is -2.32. The van der Waals surface area contributed by atoms with Gasteiger partial charge in [-0.1, -0.05) is 6.07 Å². The minimum Gasteiger partial charge on any atom is -0.385 e. The average molecular weight is 330 g/mol. The van der Waals surface area contributed by atoms with Gasteiger partial charge in [0.05, 0.1) is 6.54 Å². The highest BCUT2D eigenvalue weighted by molar-refractivity contribution is 5.97. The molecule has 6 heteroatoms. The fourth-order valence-electron chi connectivity index (χ4n) is 3.50. The normalized spacial score (nSPS) is 18.4. The van der Waals surface area contributed by atoms with Crippen LogP contribution in [0.25, 0.3) is 0 Å². The largest absolute Gasteiger partial charge is 0.385 e. The number of piperidine rings is 1. The summed E-state index contributed by atoms with van der Waals surface area (Å²) in [5, 5.41) is 9.20. The Bertz CT molecular complexity index is 609. The summed E-state index contributed by atoms with van der Waals surface area (Å²) in [6.45, 7) is 3.09. The molecule has 2 aliphatic rings. The third-order valence-corrected chi connectivity index (χ3v) is 4.91. The number of carbonyl (C=O) groups is 2. The number of hydrogen-bond acceptors (Lipinski definition) is 4. The van der Waals surface area contributed by atoms with Crippen LogP contribution in [-0.2, 0) is 11.2 Å². The van der Waals surface area contributed by atoms with Gasteiger partial charge in [0.15, 0.2) is 0 Å². The molecular formula is C18H26N4O2. The Morgan fingerprint density at radius 2 is 2.08 bits per heavy atom. The lowest BCUT2D eigenvalue weighted by molar-refractivity contribution is -0.122. The van der Waals surface area contributed by atoms with Crippen LogP contribution in [0.2, 0.25) is 0 Å². The van der Waals surface area contributed by atoms with E-state index < -0.39 is 0 Å². The first-order valence-corrected chi connectivity index (χ1v) is 8.77. The maximum atomic E-state index is 12.7. The minimum absolute atomic E-state index is 0.0281. The molecule has 130 valence electrons. The SMILES string of the molecule is CNC(=O)CN1CCC(NC(=O)c2cccc3c2CCCN3)CC1. The highest BCUT2D eigenvalue weighted by atomic mass is 16.2. The van der Waals surface area contributed by atoms with Gasteiger partial charge in [0.2, 0.25) is 5.91 Å². The second kappa shape index (κ2) is 7.66. The zero-order chi connectivity index (χ0) is 16.9. The van der Waals surface area contributed by atoms with E-state index in [1.807, 2.05) is 18.2 Å². The zero-order valence-corrected chi connectivity index (χ0v) is 14.2. The molecule has 0 bridgehead atoms. The molecule has 2 aliphatic heterocycles. The lowest BCUT2D eigenvalue weighted by Crippen LogP contribution is -2.47. The van der Waals surface area contributed by atoms with Gasteiger partial charge < -0.3 is 16.0 Å². The molecular weight excluding hydrogens is 304 g/mol. The number of amides is 2. The molecule has 0 aromatic heterocycles. The molecule has 0 saturated carbocycles. The van der Waals surface area contributed by atoms with E-state index in [-0.39, 0.29) is 17.9 Å².